The van der Waals surface area contributed by atoms with Gasteiger partial charge in [-0.25, -0.2) is 10.1 Å². The Bertz CT molecular complexity index is 1720. The fourth-order valence-electron chi connectivity index (χ4n) is 13.3. The molecule has 1 spiro atoms. The van der Waals surface area contributed by atoms with Crippen LogP contribution in [0, 0.1) is 52.4 Å². The van der Waals surface area contributed by atoms with Gasteiger partial charge < -0.3 is 9.64 Å². The van der Waals surface area contributed by atoms with Crippen molar-refractivity contribution in [3.63, 3.8) is 0 Å². The van der Waals surface area contributed by atoms with Crippen LogP contribution in [0.3, 0.4) is 0 Å². The summed E-state index contributed by atoms with van der Waals surface area (Å²) in [7, 11) is 0. The summed E-state index contributed by atoms with van der Waals surface area (Å²) < 4.78 is 6.87. The number of fused-ring (bicyclic) bond motifs is 3. The molecule has 0 radical (unpaired) electrons. The van der Waals surface area contributed by atoms with Gasteiger partial charge in [-0.3, -0.25) is 0 Å². The number of nitriles is 1. The average molecular weight is 668 g/mol. The van der Waals surface area contributed by atoms with E-state index in [-0.39, 0.29) is 16.5 Å². The van der Waals surface area contributed by atoms with Gasteiger partial charge in [-0.1, -0.05) is 46.1 Å². The van der Waals surface area contributed by atoms with Crippen molar-refractivity contribution in [2.45, 2.75) is 141 Å². The Hall–Kier alpha value is -3.24. The summed E-state index contributed by atoms with van der Waals surface area (Å²) >= 11 is 0. The SMILES string of the molecule is [C-]#[N+]/C(C#N)=C1C=C(/C=C/c2cc3c4c(c2)C2(CCN4CCC3(C)C)C3CC4CC(C3)CC2C4)OC(C23CCC(CCCCC)(CC2)CC3)=C\1. The summed E-state index contributed by atoms with van der Waals surface area (Å²) in [5.74, 6) is 5.38. The average Bonchev–Trinajstić information content (AvgIpc) is 3.13. The van der Waals surface area contributed by atoms with Crippen LogP contribution in [-0.2, 0) is 15.6 Å². The Balaban J connectivity index is 1.06. The third-order valence-electron chi connectivity index (χ3n) is 16.1. The zero-order valence-electron chi connectivity index (χ0n) is 31.0. The molecule has 1 aromatic rings. The molecule has 50 heavy (non-hydrogen) atoms. The Kier molecular flexibility index (Phi) is 7.77. The normalized spacial score (nSPS) is 38.3. The molecule has 6 bridgehead atoms. The number of nitrogens with zero attached hydrogens (tertiary/aromatic N) is 3. The first kappa shape index (κ1) is 32.7. The van der Waals surface area contributed by atoms with Crippen molar-refractivity contribution >= 4 is 11.8 Å². The fraction of sp³-hybridized carbons (Fsp3) is 0.652. The maximum Gasteiger partial charge on any atom is 0.269 e. The lowest BCUT2D eigenvalue weighted by molar-refractivity contribution is -0.0659. The number of allylic oxidation sites excluding steroid dienone is 6. The summed E-state index contributed by atoms with van der Waals surface area (Å²) in [5, 5.41) is 9.95. The van der Waals surface area contributed by atoms with Gasteiger partial charge in [0.05, 0.1) is 12.6 Å². The molecule has 4 nitrogen and oxygen atoms in total. The minimum absolute atomic E-state index is 0.0169. The summed E-state index contributed by atoms with van der Waals surface area (Å²) in [6, 6.07) is 7.28. The van der Waals surface area contributed by atoms with E-state index in [0.717, 1.165) is 54.5 Å². The highest BCUT2D eigenvalue weighted by Gasteiger charge is 2.60. The number of unbranched alkanes of at least 4 members (excludes halogenated alkanes) is 2. The van der Waals surface area contributed by atoms with Gasteiger partial charge in [-0.05, 0) is 177 Å². The summed E-state index contributed by atoms with van der Waals surface area (Å²) in [4.78, 5) is 6.40. The second kappa shape index (κ2) is 11.9. The van der Waals surface area contributed by atoms with Gasteiger partial charge in [0.15, 0.2) is 0 Å². The monoisotopic (exact) mass is 667 g/mol. The molecule has 3 aliphatic heterocycles. The predicted octanol–water partition coefficient (Wildman–Crippen LogP) is 11.7. The molecule has 0 unspecified atom stereocenters. The fourth-order valence-corrected chi connectivity index (χ4v) is 13.3. The van der Waals surface area contributed by atoms with Crippen LogP contribution in [-0.4, -0.2) is 13.1 Å². The van der Waals surface area contributed by atoms with Gasteiger partial charge in [0, 0.05) is 29.6 Å². The highest BCUT2D eigenvalue weighted by molar-refractivity contribution is 5.73. The second-order valence-corrected chi connectivity index (χ2v) is 18.9. The molecule has 11 rings (SSSR count). The second-order valence-electron chi connectivity index (χ2n) is 18.9. The zero-order chi connectivity index (χ0) is 34.3. The summed E-state index contributed by atoms with van der Waals surface area (Å²) in [5.41, 5.74) is 7.98. The van der Waals surface area contributed by atoms with Crippen LogP contribution in [0.25, 0.3) is 10.9 Å². The van der Waals surface area contributed by atoms with Crippen LogP contribution in [0.2, 0.25) is 0 Å². The molecule has 3 heterocycles. The molecule has 1 aromatic carbocycles. The minimum atomic E-state index is 0.0169. The van der Waals surface area contributed by atoms with Crippen LogP contribution < -0.4 is 4.90 Å². The zero-order valence-corrected chi connectivity index (χ0v) is 31.0. The van der Waals surface area contributed by atoms with E-state index in [1.165, 1.54) is 109 Å². The number of anilines is 1. The van der Waals surface area contributed by atoms with Crippen LogP contribution in [0.1, 0.15) is 147 Å². The molecule has 0 aromatic heterocycles. The highest BCUT2D eigenvalue weighted by Crippen LogP contribution is 2.67. The lowest BCUT2D eigenvalue weighted by atomic mass is 9.42. The largest absolute Gasteiger partial charge is 0.461 e. The standard InChI is InChI=1S/C46H57N3O/c1-5-6-7-10-44-11-14-45(15-12-44,16-13-44)41-29-34(40(30-47)48-4)28-37(50-41)9-8-31-26-38-42-39(27-31)46(18-20-49(42)19-17-43(38,2)3)35-22-32-21-33(24-35)25-36(46)23-32/h8-9,26-29,32-33,35-36H,5-7,10-25H2,1-3H3/b9-8+,40-34+. The van der Waals surface area contributed by atoms with Crippen LogP contribution in [0.5, 0.6) is 0 Å². The van der Waals surface area contributed by atoms with Gasteiger partial charge in [0.1, 0.15) is 11.5 Å². The topological polar surface area (TPSA) is 40.6 Å². The molecule has 0 atom stereocenters. The first-order chi connectivity index (χ1) is 24.2. The summed E-state index contributed by atoms with van der Waals surface area (Å²) in [6.07, 6.45) is 30.9. The van der Waals surface area contributed by atoms with Gasteiger partial charge in [0.25, 0.3) is 5.70 Å². The van der Waals surface area contributed by atoms with E-state index in [1.54, 1.807) is 16.8 Å². The Morgan fingerprint density at radius 3 is 2.24 bits per heavy atom. The molecule has 7 aliphatic carbocycles. The van der Waals surface area contributed by atoms with Gasteiger partial charge in [-0.2, -0.15) is 0 Å². The molecule has 7 fully saturated rings. The van der Waals surface area contributed by atoms with E-state index in [2.05, 4.69) is 66.9 Å². The van der Waals surface area contributed by atoms with Gasteiger partial charge >= 0.3 is 0 Å². The van der Waals surface area contributed by atoms with Crippen LogP contribution in [0.15, 0.2) is 53.1 Å². The van der Waals surface area contributed by atoms with Crippen LogP contribution in [0.4, 0.5) is 5.69 Å². The molecule has 0 saturated heterocycles. The maximum atomic E-state index is 9.95. The van der Waals surface area contributed by atoms with Crippen molar-refractivity contribution in [2.24, 2.45) is 34.5 Å². The van der Waals surface area contributed by atoms with Crippen molar-refractivity contribution in [3.8, 4) is 6.07 Å². The van der Waals surface area contributed by atoms with Crippen molar-refractivity contribution in [3.05, 3.63) is 81.3 Å². The van der Waals surface area contributed by atoms with E-state index in [0.29, 0.717) is 16.4 Å². The molecular formula is C46H57N3O. The molecule has 10 aliphatic rings. The third-order valence-corrected chi connectivity index (χ3v) is 16.1. The Labute approximate surface area is 301 Å². The summed E-state index contributed by atoms with van der Waals surface area (Å²) in [6.45, 7) is 17.4. The first-order valence-electron chi connectivity index (χ1n) is 20.5. The third kappa shape index (κ3) is 5.01. The molecular weight excluding hydrogens is 611 g/mol. The highest BCUT2D eigenvalue weighted by atomic mass is 16.5. The minimum Gasteiger partial charge on any atom is -0.461 e. The molecule has 4 heteroatoms. The van der Waals surface area contributed by atoms with Gasteiger partial charge in [-0.15, -0.1) is 0 Å². The molecule has 0 amide bonds. The maximum absolute atomic E-state index is 9.95. The van der Waals surface area contributed by atoms with Crippen molar-refractivity contribution in [1.29, 1.82) is 5.26 Å². The van der Waals surface area contributed by atoms with Gasteiger partial charge in [0.2, 0.25) is 0 Å². The van der Waals surface area contributed by atoms with E-state index in [4.69, 9.17) is 11.3 Å². The Morgan fingerprint density at radius 2 is 1.58 bits per heavy atom. The number of hydrogen-bond acceptors (Lipinski definition) is 3. The van der Waals surface area contributed by atoms with Crippen LogP contribution >= 0.6 is 0 Å². The molecule has 0 N–H and O–H groups in total. The number of rotatable bonds is 7. The van der Waals surface area contributed by atoms with E-state index in [1.807, 2.05) is 6.08 Å². The quantitative estimate of drug-likeness (QED) is 0.165. The van der Waals surface area contributed by atoms with Crippen molar-refractivity contribution in [1.82, 2.24) is 0 Å². The lowest BCUT2D eigenvalue weighted by Crippen LogP contribution is -2.59. The number of hydrogen-bond donors (Lipinski definition) is 0. The van der Waals surface area contributed by atoms with Crippen molar-refractivity contribution in [2.75, 3.05) is 18.0 Å². The van der Waals surface area contributed by atoms with E-state index in [9.17, 15) is 5.26 Å². The lowest BCUT2D eigenvalue weighted by Gasteiger charge is -2.64. The smallest absolute Gasteiger partial charge is 0.269 e. The van der Waals surface area contributed by atoms with Crippen molar-refractivity contribution < 1.29 is 4.74 Å². The first-order valence-corrected chi connectivity index (χ1v) is 20.5. The number of benzene rings is 1. The molecule has 262 valence electrons. The predicted molar refractivity (Wildman–Crippen MR) is 202 cm³/mol. The molecule has 7 saturated carbocycles. The number of ether oxygens (including phenoxy) is 1. The Morgan fingerprint density at radius 1 is 0.900 bits per heavy atom. The van der Waals surface area contributed by atoms with E-state index >= 15 is 0 Å². The van der Waals surface area contributed by atoms with E-state index < -0.39 is 0 Å².